The van der Waals surface area contributed by atoms with Crippen LogP contribution in [-0.4, -0.2) is 16.9 Å². The molecule has 0 aliphatic rings. The van der Waals surface area contributed by atoms with Crippen molar-refractivity contribution in [3.63, 3.8) is 0 Å². The molecule has 15 heavy (non-hydrogen) atoms. The monoisotopic (exact) mass is 246 g/mol. The average molecular weight is 247 g/mol. The molecule has 0 saturated heterocycles. The van der Waals surface area contributed by atoms with Gasteiger partial charge in [0.15, 0.2) is 0 Å². The van der Waals surface area contributed by atoms with Crippen molar-refractivity contribution < 1.29 is 0 Å². The molecule has 0 bridgehead atoms. The second-order valence-electron chi connectivity index (χ2n) is 3.65. The maximum atomic E-state index is 6.31. The van der Waals surface area contributed by atoms with Gasteiger partial charge < -0.3 is 5.32 Å². The van der Waals surface area contributed by atoms with E-state index in [1.807, 2.05) is 11.6 Å². The van der Waals surface area contributed by atoms with Crippen molar-refractivity contribution in [2.75, 3.05) is 6.54 Å². The zero-order valence-corrected chi connectivity index (χ0v) is 10.9. The molecular weight excluding hydrogens is 228 g/mol. The van der Waals surface area contributed by atoms with Gasteiger partial charge in [0.2, 0.25) is 0 Å². The Labute approximate surface area is 101 Å². The molecule has 0 fully saturated rings. The van der Waals surface area contributed by atoms with E-state index in [2.05, 4.69) is 24.1 Å². The molecule has 4 heteroatoms. The van der Waals surface area contributed by atoms with Gasteiger partial charge in [-0.1, -0.05) is 26.7 Å². The first-order chi connectivity index (χ1) is 7.27. The third-order valence-electron chi connectivity index (χ3n) is 2.66. The van der Waals surface area contributed by atoms with Gasteiger partial charge in [0.25, 0.3) is 0 Å². The fourth-order valence-corrected chi connectivity index (χ4v) is 2.68. The van der Waals surface area contributed by atoms with Crippen molar-refractivity contribution >= 4 is 22.9 Å². The van der Waals surface area contributed by atoms with Crippen LogP contribution in [0.3, 0.4) is 0 Å². The van der Waals surface area contributed by atoms with Crippen LogP contribution in [0, 0.1) is 5.92 Å². The third kappa shape index (κ3) is 4.49. The van der Waals surface area contributed by atoms with Crippen molar-refractivity contribution in [1.82, 2.24) is 10.3 Å². The van der Waals surface area contributed by atoms with Gasteiger partial charge in [0.05, 0.1) is 0 Å². The predicted molar refractivity (Wildman–Crippen MR) is 67.5 cm³/mol. The number of nitrogens with zero attached hydrogens (tertiary/aromatic N) is 1. The number of nitrogens with one attached hydrogen (secondary N) is 1. The Hall–Kier alpha value is -0.120. The van der Waals surface area contributed by atoms with E-state index >= 15 is 0 Å². The van der Waals surface area contributed by atoms with E-state index in [0.717, 1.165) is 30.9 Å². The molecular formula is C11H19ClN2S. The van der Waals surface area contributed by atoms with Crippen molar-refractivity contribution in [3.8, 4) is 0 Å². The maximum Gasteiger partial charge on any atom is 0.106 e. The van der Waals surface area contributed by atoms with E-state index in [0.29, 0.717) is 5.92 Å². The molecule has 0 amide bonds. The summed E-state index contributed by atoms with van der Waals surface area (Å²) in [5, 5.41) is 6.71. The lowest BCUT2D eigenvalue weighted by Gasteiger charge is -2.19. The number of hydrogen-bond donors (Lipinski definition) is 1. The highest BCUT2D eigenvalue weighted by atomic mass is 35.5. The number of hydrogen-bond acceptors (Lipinski definition) is 3. The Balaban J connectivity index is 2.19. The molecule has 2 nitrogen and oxygen atoms in total. The Bertz CT molecular complexity index is 247. The topological polar surface area (TPSA) is 24.9 Å². The van der Waals surface area contributed by atoms with E-state index in [-0.39, 0.29) is 5.38 Å². The van der Waals surface area contributed by atoms with E-state index in [1.54, 1.807) is 11.3 Å². The van der Waals surface area contributed by atoms with Crippen LogP contribution in [0.2, 0.25) is 0 Å². The van der Waals surface area contributed by atoms with Crippen LogP contribution in [0.1, 0.15) is 31.7 Å². The van der Waals surface area contributed by atoms with Crippen LogP contribution in [0.5, 0.6) is 0 Å². The molecule has 86 valence electrons. The molecule has 1 N–H and O–H groups in total. The van der Waals surface area contributed by atoms with Gasteiger partial charge in [-0.25, -0.2) is 4.98 Å². The summed E-state index contributed by atoms with van der Waals surface area (Å²) in [5.74, 6) is 0.621. The molecule has 1 aromatic heterocycles. The lowest BCUT2D eigenvalue weighted by Crippen LogP contribution is -2.28. The SMILES string of the molecule is CCC(CC)C(Cl)CNCc1nccs1. The highest BCUT2D eigenvalue weighted by molar-refractivity contribution is 7.09. The lowest BCUT2D eigenvalue weighted by atomic mass is 9.99. The molecule has 0 aliphatic carbocycles. The summed E-state index contributed by atoms with van der Waals surface area (Å²) in [6.07, 6.45) is 4.15. The fraction of sp³-hybridized carbons (Fsp3) is 0.727. The number of alkyl halides is 1. The normalized spacial score (nSPS) is 13.3. The van der Waals surface area contributed by atoms with E-state index in [4.69, 9.17) is 11.6 Å². The zero-order chi connectivity index (χ0) is 11.1. The van der Waals surface area contributed by atoms with E-state index < -0.39 is 0 Å². The molecule has 1 aromatic rings. The third-order valence-corrected chi connectivity index (χ3v) is 3.95. The number of halogens is 1. The number of aromatic nitrogens is 1. The average Bonchev–Trinajstić information content (AvgIpc) is 2.72. The standard InChI is InChI=1S/C11H19ClN2S/c1-3-9(4-2)10(12)7-13-8-11-14-5-6-15-11/h5-6,9-10,13H,3-4,7-8H2,1-2H3. The molecule has 1 rings (SSSR count). The van der Waals surface area contributed by atoms with Crippen molar-refractivity contribution in [2.24, 2.45) is 5.92 Å². The first kappa shape index (κ1) is 12.9. The summed E-state index contributed by atoms with van der Waals surface area (Å²) in [5.41, 5.74) is 0. The summed E-state index contributed by atoms with van der Waals surface area (Å²) in [7, 11) is 0. The maximum absolute atomic E-state index is 6.31. The summed E-state index contributed by atoms with van der Waals surface area (Å²) in [4.78, 5) is 4.21. The van der Waals surface area contributed by atoms with Gasteiger partial charge in [-0.15, -0.1) is 22.9 Å². The van der Waals surface area contributed by atoms with Crippen LogP contribution >= 0.6 is 22.9 Å². The fourth-order valence-electron chi connectivity index (χ4n) is 1.62. The molecule has 0 saturated carbocycles. The van der Waals surface area contributed by atoms with Crippen LogP contribution in [0.4, 0.5) is 0 Å². The smallest absolute Gasteiger partial charge is 0.106 e. The molecule has 0 radical (unpaired) electrons. The summed E-state index contributed by atoms with van der Waals surface area (Å²) in [6, 6.07) is 0. The van der Waals surface area contributed by atoms with Crippen molar-refractivity contribution in [1.29, 1.82) is 0 Å². The highest BCUT2D eigenvalue weighted by Crippen LogP contribution is 2.17. The molecule has 1 atom stereocenters. The summed E-state index contributed by atoms with van der Waals surface area (Å²) in [6.45, 7) is 6.10. The quantitative estimate of drug-likeness (QED) is 0.747. The molecule has 0 aliphatic heterocycles. The van der Waals surface area contributed by atoms with Crippen LogP contribution in [0.15, 0.2) is 11.6 Å². The Morgan fingerprint density at radius 2 is 2.20 bits per heavy atom. The van der Waals surface area contributed by atoms with Crippen LogP contribution < -0.4 is 5.32 Å². The predicted octanol–water partition coefficient (Wildman–Crippen LogP) is 3.28. The Morgan fingerprint density at radius 1 is 1.47 bits per heavy atom. The lowest BCUT2D eigenvalue weighted by molar-refractivity contribution is 0.446. The minimum Gasteiger partial charge on any atom is -0.309 e. The number of thiazole rings is 1. The minimum atomic E-state index is 0.236. The van der Waals surface area contributed by atoms with Crippen molar-refractivity contribution in [3.05, 3.63) is 16.6 Å². The first-order valence-electron chi connectivity index (χ1n) is 5.51. The molecule has 1 heterocycles. The van der Waals surface area contributed by atoms with E-state index in [9.17, 15) is 0 Å². The van der Waals surface area contributed by atoms with Gasteiger partial charge in [-0.05, 0) is 5.92 Å². The second-order valence-corrected chi connectivity index (χ2v) is 5.19. The molecule has 0 aromatic carbocycles. The Morgan fingerprint density at radius 3 is 2.73 bits per heavy atom. The van der Waals surface area contributed by atoms with Gasteiger partial charge in [0, 0.05) is 30.0 Å². The molecule has 1 unspecified atom stereocenters. The second kappa shape index (κ2) is 7.20. The number of rotatable bonds is 7. The van der Waals surface area contributed by atoms with Gasteiger partial charge >= 0.3 is 0 Å². The van der Waals surface area contributed by atoms with Gasteiger partial charge in [-0.2, -0.15) is 0 Å². The summed E-state index contributed by atoms with van der Waals surface area (Å²) >= 11 is 7.99. The van der Waals surface area contributed by atoms with Gasteiger partial charge in [0.1, 0.15) is 5.01 Å². The first-order valence-corrected chi connectivity index (χ1v) is 6.82. The van der Waals surface area contributed by atoms with Crippen LogP contribution in [-0.2, 0) is 6.54 Å². The van der Waals surface area contributed by atoms with Gasteiger partial charge in [-0.3, -0.25) is 0 Å². The highest BCUT2D eigenvalue weighted by Gasteiger charge is 2.14. The minimum absolute atomic E-state index is 0.236. The molecule has 0 spiro atoms. The summed E-state index contributed by atoms with van der Waals surface area (Å²) < 4.78 is 0. The Kier molecular flexibility index (Phi) is 6.22. The zero-order valence-electron chi connectivity index (χ0n) is 9.37. The van der Waals surface area contributed by atoms with Crippen molar-refractivity contribution in [2.45, 2.75) is 38.6 Å². The van der Waals surface area contributed by atoms with Crippen LogP contribution in [0.25, 0.3) is 0 Å². The largest absolute Gasteiger partial charge is 0.309 e. The van der Waals surface area contributed by atoms with E-state index in [1.165, 1.54) is 0 Å².